The molecule has 1 atom stereocenters. The van der Waals surface area contributed by atoms with E-state index in [0.29, 0.717) is 59.9 Å². The zero-order valence-electron chi connectivity index (χ0n) is 18.9. The van der Waals surface area contributed by atoms with Crippen LogP contribution >= 0.6 is 11.8 Å². The number of benzene rings is 1. The molecule has 176 valence electrons. The average Bonchev–Trinajstić information content (AvgIpc) is 2.86. The van der Waals surface area contributed by atoms with Gasteiger partial charge >= 0.3 is 5.97 Å². The van der Waals surface area contributed by atoms with Crippen LogP contribution in [0.25, 0.3) is 0 Å². The number of ether oxygens (including phenoxy) is 1. The van der Waals surface area contributed by atoms with Crippen molar-refractivity contribution in [1.82, 2.24) is 4.98 Å². The number of pyridine rings is 1. The van der Waals surface area contributed by atoms with Gasteiger partial charge in [-0.2, -0.15) is 10.5 Å². The summed E-state index contributed by atoms with van der Waals surface area (Å²) in [7, 11) is 0. The molecular formula is C24H26N6O3S. The van der Waals surface area contributed by atoms with Gasteiger partial charge in [-0.25, -0.2) is 4.98 Å². The monoisotopic (exact) mass is 478 g/mol. The van der Waals surface area contributed by atoms with Crippen molar-refractivity contribution < 1.29 is 14.3 Å². The molecule has 1 saturated heterocycles. The predicted octanol–water partition coefficient (Wildman–Crippen LogP) is 2.18. The van der Waals surface area contributed by atoms with Gasteiger partial charge in [-0.1, -0.05) is 49.0 Å². The molecule has 1 aliphatic rings. The Kier molecular flexibility index (Phi) is 8.47. The SMILES string of the molecule is CCc1c(C#N)c(SC(C(N)=O)c2ccccc2)nc(N2CCC(OC(=O)CN)CC2)c1C#N. The third-order valence-electron chi connectivity index (χ3n) is 5.62. The maximum Gasteiger partial charge on any atom is 0.319 e. The summed E-state index contributed by atoms with van der Waals surface area (Å²) in [4.78, 5) is 30.5. The Morgan fingerprint density at radius 1 is 1.21 bits per heavy atom. The number of anilines is 1. The molecule has 1 aliphatic heterocycles. The molecule has 0 bridgehead atoms. The Hall–Kier alpha value is -3.60. The van der Waals surface area contributed by atoms with Gasteiger partial charge in [0.2, 0.25) is 5.91 Å². The van der Waals surface area contributed by atoms with Crippen LogP contribution in [0, 0.1) is 22.7 Å². The Bertz CT molecular complexity index is 1130. The van der Waals surface area contributed by atoms with Gasteiger partial charge in [0, 0.05) is 25.9 Å². The van der Waals surface area contributed by atoms with Crippen LogP contribution in [0.5, 0.6) is 0 Å². The second-order valence-electron chi connectivity index (χ2n) is 7.74. The standard InChI is InChI=1S/C24H26N6O3S/c1-2-17-18(12-25)23(30-10-8-16(9-11-30)33-20(31)14-27)29-24(19(17)13-26)34-21(22(28)32)15-6-4-3-5-7-15/h3-7,16,21H,2,8-11,14,27H2,1H3,(H2,28,32). The number of thioether (sulfide) groups is 1. The minimum Gasteiger partial charge on any atom is -0.461 e. The predicted molar refractivity (Wildman–Crippen MR) is 128 cm³/mol. The van der Waals surface area contributed by atoms with Crippen molar-refractivity contribution >= 4 is 29.5 Å². The summed E-state index contributed by atoms with van der Waals surface area (Å²) < 4.78 is 5.34. The zero-order chi connectivity index (χ0) is 24.7. The molecule has 2 aromatic rings. The van der Waals surface area contributed by atoms with Crippen molar-refractivity contribution in [2.45, 2.75) is 42.6 Å². The fraction of sp³-hybridized carbons (Fsp3) is 0.375. The van der Waals surface area contributed by atoms with Gasteiger partial charge in [-0.15, -0.1) is 0 Å². The lowest BCUT2D eigenvalue weighted by Crippen LogP contribution is -2.39. The summed E-state index contributed by atoms with van der Waals surface area (Å²) in [6.45, 7) is 2.73. The molecule has 1 fully saturated rings. The highest BCUT2D eigenvalue weighted by atomic mass is 32.2. The lowest BCUT2D eigenvalue weighted by atomic mass is 10.0. The lowest BCUT2D eigenvalue weighted by Gasteiger charge is -2.33. The van der Waals surface area contributed by atoms with E-state index in [1.165, 1.54) is 0 Å². The maximum absolute atomic E-state index is 12.3. The van der Waals surface area contributed by atoms with Crippen LogP contribution in [0.4, 0.5) is 5.82 Å². The Morgan fingerprint density at radius 3 is 2.38 bits per heavy atom. The zero-order valence-corrected chi connectivity index (χ0v) is 19.7. The molecule has 3 rings (SSSR count). The summed E-state index contributed by atoms with van der Waals surface area (Å²) in [6, 6.07) is 13.5. The van der Waals surface area contributed by atoms with E-state index in [9.17, 15) is 20.1 Å². The van der Waals surface area contributed by atoms with Crippen molar-refractivity contribution in [3.05, 3.63) is 52.6 Å². The third-order valence-corrected chi connectivity index (χ3v) is 6.88. The summed E-state index contributed by atoms with van der Waals surface area (Å²) in [5.74, 6) is -0.535. The van der Waals surface area contributed by atoms with Crippen molar-refractivity contribution in [3.63, 3.8) is 0 Å². The van der Waals surface area contributed by atoms with E-state index in [4.69, 9.17) is 21.2 Å². The van der Waals surface area contributed by atoms with Crippen LogP contribution < -0.4 is 16.4 Å². The number of primary amides is 1. The molecule has 2 heterocycles. The van der Waals surface area contributed by atoms with Crippen LogP contribution in [0.15, 0.2) is 35.4 Å². The van der Waals surface area contributed by atoms with Crippen molar-refractivity contribution in [1.29, 1.82) is 10.5 Å². The van der Waals surface area contributed by atoms with Gasteiger partial charge < -0.3 is 21.1 Å². The molecule has 34 heavy (non-hydrogen) atoms. The van der Waals surface area contributed by atoms with Gasteiger partial charge in [-0.3, -0.25) is 9.59 Å². The maximum atomic E-state index is 12.3. The average molecular weight is 479 g/mol. The summed E-state index contributed by atoms with van der Waals surface area (Å²) in [6.07, 6.45) is 1.34. The molecular weight excluding hydrogens is 452 g/mol. The van der Waals surface area contributed by atoms with E-state index in [2.05, 4.69) is 12.1 Å². The van der Waals surface area contributed by atoms with Crippen LogP contribution in [0.2, 0.25) is 0 Å². The Balaban J connectivity index is 1.99. The quantitative estimate of drug-likeness (QED) is 0.428. The highest BCUT2D eigenvalue weighted by Gasteiger charge is 2.29. The largest absolute Gasteiger partial charge is 0.461 e. The van der Waals surface area contributed by atoms with Gasteiger partial charge in [0.05, 0.1) is 17.7 Å². The molecule has 1 aromatic carbocycles. The normalized spacial score (nSPS) is 14.6. The first kappa shape index (κ1) is 25.0. The second kappa shape index (κ2) is 11.5. The number of carbonyl (C=O) groups excluding carboxylic acids is 2. The van der Waals surface area contributed by atoms with Crippen LogP contribution in [-0.2, 0) is 20.7 Å². The minimum absolute atomic E-state index is 0.168. The molecule has 1 aromatic heterocycles. The van der Waals surface area contributed by atoms with Gasteiger partial charge in [0.15, 0.2) is 0 Å². The van der Waals surface area contributed by atoms with E-state index >= 15 is 0 Å². The van der Waals surface area contributed by atoms with Gasteiger partial charge in [0.25, 0.3) is 0 Å². The molecule has 0 saturated carbocycles. The number of amides is 1. The molecule has 1 unspecified atom stereocenters. The van der Waals surface area contributed by atoms with E-state index in [1.807, 2.05) is 30.0 Å². The molecule has 4 N–H and O–H groups in total. The fourth-order valence-electron chi connectivity index (χ4n) is 3.95. The van der Waals surface area contributed by atoms with E-state index in [1.54, 1.807) is 12.1 Å². The fourth-order valence-corrected chi connectivity index (χ4v) is 5.01. The molecule has 1 amide bonds. The van der Waals surface area contributed by atoms with Crippen LogP contribution in [0.1, 0.15) is 47.3 Å². The molecule has 9 nitrogen and oxygen atoms in total. The number of rotatable bonds is 8. The first-order valence-electron chi connectivity index (χ1n) is 11.0. The first-order valence-corrected chi connectivity index (χ1v) is 11.8. The van der Waals surface area contributed by atoms with E-state index in [-0.39, 0.29) is 18.2 Å². The number of nitriles is 2. The summed E-state index contributed by atoms with van der Waals surface area (Å²) >= 11 is 1.11. The highest BCUT2D eigenvalue weighted by molar-refractivity contribution is 8.00. The molecule has 10 heteroatoms. The minimum atomic E-state index is -0.743. The number of hydrogen-bond donors (Lipinski definition) is 2. The summed E-state index contributed by atoms with van der Waals surface area (Å²) in [5, 5.41) is 19.5. The number of nitrogens with zero attached hydrogens (tertiary/aromatic N) is 4. The van der Waals surface area contributed by atoms with Gasteiger partial charge in [0.1, 0.15) is 34.3 Å². The topological polar surface area (TPSA) is 159 Å². The Labute approximate surface area is 202 Å². The first-order chi connectivity index (χ1) is 16.4. The molecule has 0 radical (unpaired) electrons. The number of nitrogens with two attached hydrogens (primary N) is 2. The van der Waals surface area contributed by atoms with Crippen LogP contribution in [-0.4, -0.2) is 42.6 Å². The third kappa shape index (κ3) is 5.48. The van der Waals surface area contributed by atoms with Crippen molar-refractivity contribution in [2.24, 2.45) is 11.5 Å². The number of carbonyl (C=O) groups is 2. The number of aromatic nitrogens is 1. The smallest absolute Gasteiger partial charge is 0.319 e. The lowest BCUT2D eigenvalue weighted by molar-refractivity contribution is -0.148. The summed E-state index contributed by atoms with van der Waals surface area (Å²) in [5.41, 5.74) is 12.9. The van der Waals surface area contributed by atoms with Crippen molar-refractivity contribution in [2.75, 3.05) is 24.5 Å². The number of hydrogen-bond acceptors (Lipinski definition) is 9. The van der Waals surface area contributed by atoms with Crippen LogP contribution in [0.3, 0.4) is 0 Å². The second-order valence-corrected chi connectivity index (χ2v) is 8.83. The van der Waals surface area contributed by atoms with Crippen molar-refractivity contribution in [3.8, 4) is 12.1 Å². The number of esters is 1. The van der Waals surface area contributed by atoms with Gasteiger partial charge in [-0.05, 0) is 17.5 Å². The van der Waals surface area contributed by atoms with E-state index in [0.717, 1.165) is 11.8 Å². The Morgan fingerprint density at radius 2 is 1.85 bits per heavy atom. The molecule has 0 spiro atoms. The number of piperidine rings is 1. The van der Waals surface area contributed by atoms with E-state index < -0.39 is 17.1 Å². The highest BCUT2D eigenvalue weighted by Crippen LogP contribution is 2.40. The molecule has 0 aliphatic carbocycles.